The minimum absolute atomic E-state index is 0.133. The molecule has 1 amide bonds. The maximum Gasteiger partial charge on any atom is 0.220 e. The van der Waals surface area contributed by atoms with Crippen LogP contribution in [0.15, 0.2) is 12.2 Å². The smallest absolute Gasteiger partial charge is 0.220 e. The Hall–Kier alpha value is -1.07. The highest BCUT2D eigenvalue weighted by Crippen LogP contribution is 2.24. The van der Waals surface area contributed by atoms with Crippen LogP contribution < -0.4 is 5.32 Å². The van der Waals surface area contributed by atoms with Crippen LogP contribution in [0.5, 0.6) is 0 Å². The fraction of sp³-hybridized carbons (Fsp3) is 0.958. The summed E-state index contributed by atoms with van der Waals surface area (Å²) in [6.07, 6.45) is 72.9. The molecule has 0 aliphatic carbocycles. The summed E-state index contributed by atoms with van der Waals surface area (Å²) >= 11 is 0. The van der Waals surface area contributed by atoms with Gasteiger partial charge < -0.3 is 40.3 Å². The van der Waals surface area contributed by atoms with Gasteiger partial charge in [0.05, 0.1) is 25.4 Å². The Morgan fingerprint density at radius 3 is 1.00 bits per heavy atom. The van der Waals surface area contributed by atoms with Crippen LogP contribution in [0.3, 0.4) is 0 Å². The number of hydrogen-bond donors (Lipinski definition) is 6. The van der Waals surface area contributed by atoms with Crippen molar-refractivity contribution < 1.29 is 39.8 Å². The Kier molecular flexibility index (Phi) is 59.7. The van der Waals surface area contributed by atoms with Crippen LogP contribution in [0.25, 0.3) is 0 Å². The van der Waals surface area contributed by atoms with Gasteiger partial charge in [-0.15, -0.1) is 0 Å². The summed E-state index contributed by atoms with van der Waals surface area (Å²) in [5.74, 6) is -0.136. The zero-order valence-electron chi connectivity index (χ0n) is 54.1. The molecule has 7 atom stereocenters. The number of ether oxygens (including phenoxy) is 2. The number of hydrogen-bond acceptors (Lipinski definition) is 8. The van der Waals surface area contributed by atoms with Crippen LogP contribution in [0, 0.1) is 0 Å². The normalized spacial score (nSPS) is 18.3. The van der Waals surface area contributed by atoms with Gasteiger partial charge in [-0.3, -0.25) is 4.79 Å². The monoisotopic (exact) mass is 1150 g/mol. The average Bonchev–Trinajstić information content (AvgIpc) is 3.49. The van der Waals surface area contributed by atoms with Gasteiger partial charge in [0, 0.05) is 6.42 Å². The molecule has 1 aliphatic rings. The second kappa shape index (κ2) is 62.0. The Bertz CT molecular complexity index is 1280. The summed E-state index contributed by atoms with van der Waals surface area (Å²) in [5, 5.41) is 55.0. The van der Waals surface area contributed by atoms with E-state index in [2.05, 4.69) is 31.3 Å². The maximum absolute atomic E-state index is 13.2. The number of carbonyl (C=O) groups excluding carboxylic acids is 1. The van der Waals surface area contributed by atoms with E-state index in [4.69, 9.17) is 9.47 Å². The van der Waals surface area contributed by atoms with E-state index in [9.17, 15) is 30.3 Å². The fourth-order valence-corrected chi connectivity index (χ4v) is 12.2. The second-order valence-electron chi connectivity index (χ2n) is 25.7. The quantitative estimate of drug-likeness (QED) is 0.0261. The summed E-state index contributed by atoms with van der Waals surface area (Å²) in [6, 6.07) is -0.718. The van der Waals surface area contributed by atoms with Crippen LogP contribution >= 0.6 is 0 Å². The van der Waals surface area contributed by atoms with E-state index in [-0.39, 0.29) is 12.5 Å². The van der Waals surface area contributed by atoms with E-state index < -0.39 is 49.5 Å². The molecule has 0 aromatic rings. The van der Waals surface area contributed by atoms with Crippen molar-refractivity contribution in [3.63, 3.8) is 0 Å². The van der Waals surface area contributed by atoms with Crippen LogP contribution in [0.2, 0.25) is 0 Å². The zero-order chi connectivity index (χ0) is 58.6. The molecule has 0 aromatic carbocycles. The van der Waals surface area contributed by atoms with Crippen LogP contribution in [0.4, 0.5) is 0 Å². The fourth-order valence-electron chi connectivity index (χ4n) is 12.2. The van der Waals surface area contributed by atoms with Gasteiger partial charge in [-0.25, -0.2) is 0 Å². The first-order valence-corrected chi connectivity index (χ1v) is 36.4. The molecular formula is C72H141NO8. The summed E-state index contributed by atoms with van der Waals surface area (Å²) < 4.78 is 11.4. The first-order chi connectivity index (χ1) is 39.8. The van der Waals surface area contributed by atoms with E-state index in [0.717, 1.165) is 38.5 Å². The van der Waals surface area contributed by atoms with Crippen molar-refractivity contribution in [2.24, 2.45) is 0 Å². The maximum atomic E-state index is 13.2. The topological polar surface area (TPSA) is 149 Å². The van der Waals surface area contributed by atoms with E-state index >= 15 is 0 Å². The molecule has 9 heteroatoms. The number of aliphatic hydroxyl groups excluding tert-OH is 5. The molecule has 9 nitrogen and oxygen atoms in total. The van der Waals surface area contributed by atoms with Gasteiger partial charge in [-0.2, -0.15) is 0 Å². The molecule has 0 saturated carbocycles. The zero-order valence-corrected chi connectivity index (χ0v) is 54.1. The number of aliphatic hydroxyl groups is 5. The van der Waals surface area contributed by atoms with Gasteiger partial charge in [0.25, 0.3) is 0 Å². The molecule has 0 bridgehead atoms. The summed E-state index contributed by atoms with van der Waals surface area (Å²) in [7, 11) is 0. The SMILES string of the molecule is CCCCCCCCCC/C=C\CCCCCCCCCCCCCCCC(=O)NC(COC1OC(CO)C(O)C(O)C1O)C(O)CCCCCCCCCCCCCCCCCCCCCCCCCCCCCCCCCCC. The van der Waals surface area contributed by atoms with Crippen molar-refractivity contribution in [2.45, 2.75) is 429 Å². The minimum atomic E-state index is -1.55. The molecule has 6 N–H and O–H groups in total. The third-order valence-corrected chi connectivity index (χ3v) is 17.9. The lowest BCUT2D eigenvalue weighted by molar-refractivity contribution is -0.302. The van der Waals surface area contributed by atoms with Gasteiger partial charge in [0.15, 0.2) is 6.29 Å². The van der Waals surface area contributed by atoms with Crippen molar-refractivity contribution >= 4 is 5.91 Å². The van der Waals surface area contributed by atoms with E-state index in [1.165, 1.54) is 321 Å². The Labute approximate surface area is 503 Å². The van der Waals surface area contributed by atoms with Crippen molar-refractivity contribution in [2.75, 3.05) is 13.2 Å². The molecule has 1 rings (SSSR count). The number of unbranched alkanes of at least 4 members (excludes halogenated alkanes) is 53. The van der Waals surface area contributed by atoms with Crippen molar-refractivity contribution in [3.8, 4) is 0 Å². The van der Waals surface area contributed by atoms with Crippen molar-refractivity contribution in [3.05, 3.63) is 12.2 Å². The predicted molar refractivity (Wildman–Crippen MR) is 346 cm³/mol. The van der Waals surface area contributed by atoms with Gasteiger partial charge in [-0.1, -0.05) is 353 Å². The number of amides is 1. The lowest BCUT2D eigenvalue weighted by Crippen LogP contribution is -2.60. The summed E-state index contributed by atoms with van der Waals surface area (Å²) in [5.41, 5.74) is 0. The molecule has 0 spiro atoms. The van der Waals surface area contributed by atoms with E-state index in [0.29, 0.717) is 12.8 Å². The third-order valence-electron chi connectivity index (χ3n) is 17.9. The Morgan fingerprint density at radius 1 is 0.407 bits per heavy atom. The first-order valence-electron chi connectivity index (χ1n) is 36.4. The molecule has 1 saturated heterocycles. The lowest BCUT2D eigenvalue weighted by atomic mass is 9.99. The third kappa shape index (κ3) is 50.8. The van der Waals surface area contributed by atoms with Gasteiger partial charge in [0.1, 0.15) is 24.4 Å². The van der Waals surface area contributed by atoms with Crippen LogP contribution in [-0.4, -0.2) is 87.5 Å². The van der Waals surface area contributed by atoms with E-state index in [1.54, 1.807) is 0 Å². The minimum Gasteiger partial charge on any atom is -0.394 e. The number of rotatable bonds is 65. The summed E-state index contributed by atoms with van der Waals surface area (Å²) in [4.78, 5) is 13.2. The van der Waals surface area contributed by atoms with Crippen molar-refractivity contribution in [1.82, 2.24) is 5.32 Å². The summed E-state index contributed by atoms with van der Waals surface area (Å²) in [6.45, 7) is 3.90. The highest BCUT2D eigenvalue weighted by atomic mass is 16.7. The molecule has 7 unspecified atom stereocenters. The Morgan fingerprint density at radius 2 is 0.691 bits per heavy atom. The van der Waals surface area contributed by atoms with E-state index in [1.807, 2.05) is 0 Å². The van der Waals surface area contributed by atoms with Gasteiger partial charge in [0.2, 0.25) is 5.91 Å². The second-order valence-corrected chi connectivity index (χ2v) is 25.7. The highest BCUT2D eigenvalue weighted by molar-refractivity contribution is 5.76. The molecule has 0 radical (unpaired) electrons. The average molecular weight is 1150 g/mol. The molecular weight excluding hydrogens is 1010 g/mol. The number of nitrogens with one attached hydrogen (secondary N) is 1. The molecule has 0 aromatic heterocycles. The largest absolute Gasteiger partial charge is 0.394 e. The molecule has 1 heterocycles. The predicted octanol–water partition coefficient (Wildman–Crippen LogP) is 19.9. The van der Waals surface area contributed by atoms with Crippen molar-refractivity contribution in [1.29, 1.82) is 0 Å². The first kappa shape index (κ1) is 77.9. The number of carbonyl (C=O) groups is 1. The Balaban J connectivity index is 2.08. The van der Waals surface area contributed by atoms with Crippen LogP contribution in [-0.2, 0) is 14.3 Å². The molecule has 1 fully saturated rings. The number of allylic oxidation sites excluding steroid dienone is 2. The van der Waals surface area contributed by atoms with Gasteiger partial charge >= 0.3 is 0 Å². The standard InChI is InChI=1S/C72H141NO8/c1-3-5-7-9-11-13-15-17-19-21-23-25-27-29-30-31-32-33-34-35-36-38-39-41-43-45-47-49-51-53-55-57-59-61-66(75)65(64-80-72-71(79)70(78)69(77)67(63-74)81-72)73-68(76)62-60-58-56-54-52-50-48-46-44-42-40-37-28-26-24-22-20-18-16-14-12-10-8-6-4-2/h22,24,65-67,69-72,74-75,77-79H,3-21,23,25-64H2,1-2H3,(H,73,76)/b24-22-. The molecule has 482 valence electrons. The lowest BCUT2D eigenvalue weighted by Gasteiger charge is -2.40. The van der Waals surface area contributed by atoms with Gasteiger partial charge in [-0.05, 0) is 38.5 Å². The van der Waals surface area contributed by atoms with Crippen LogP contribution in [0.1, 0.15) is 386 Å². The molecule has 81 heavy (non-hydrogen) atoms. The highest BCUT2D eigenvalue weighted by Gasteiger charge is 2.44. The molecule has 1 aliphatic heterocycles.